The van der Waals surface area contributed by atoms with Crippen molar-refractivity contribution in [1.29, 1.82) is 0 Å². The molecule has 2 N–H and O–H groups in total. The van der Waals surface area contributed by atoms with E-state index in [0.29, 0.717) is 5.92 Å². The monoisotopic (exact) mass is 289 g/mol. The Morgan fingerprint density at radius 3 is 2.90 bits per heavy atom. The average molecular weight is 289 g/mol. The van der Waals surface area contributed by atoms with E-state index in [-0.39, 0.29) is 0 Å². The number of rotatable bonds is 4. The van der Waals surface area contributed by atoms with Crippen LogP contribution >= 0.6 is 0 Å². The second-order valence-electron chi connectivity index (χ2n) is 6.46. The number of aromatic nitrogens is 2. The maximum atomic E-state index is 5.75. The summed E-state index contributed by atoms with van der Waals surface area (Å²) in [4.78, 5) is 14.1. The van der Waals surface area contributed by atoms with Gasteiger partial charge in [-0.3, -0.25) is 0 Å². The number of aryl methyl sites for hydroxylation is 1. The zero-order chi connectivity index (χ0) is 14.7. The third kappa shape index (κ3) is 3.35. The van der Waals surface area contributed by atoms with Crippen LogP contribution < -0.4 is 10.6 Å². The van der Waals surface area contributed by atoms with Crippen LogP contribution in [0.3, 0.4) is 0 Å². The Bertz CT molecular complexity index is 476. The van der Waals surface area contributed by atoms with Crippen LogP contribution in [0.2, 0.25) is 0 Å². The number of anilines is 1. The van der Waals surface area contributed by atoms with Crippen LogP contribution in [-0.2, 0) is 12.8 Å². The number of hydrogen-bond donors (Lipinski definition) is 1. The first-order valence-corrected chi connectivity index (χ1v) is 8.28. The largest absolute Gasteiger partial charge is 0.355 e. The molecule has 0 saturated carbocycles. The highest BCUT2D eigenvalue weighted by atomic mass is 15.3. The second-order valence-corrected chi connectivity index (χ2v) is 6.46. The van der Waals surface area contributed by atoms with E-state index < -0.39 is 0 Å². The summed E-state index contributed by atoms with van der Waals surface area (Å²) in [5.74, 6) is 1.78. The fraction of sp³-hybridized carbons (Fsp3) is 0.750. The van der Waals surface area contributed by atoms with Crippen LogP contribution in [0.15, 0.2) is 6.33 Å². The lowest BCUT2D eigenvalue weighted by Gasteiger charge is -2.25. The van der Waals surface area contributed by atoms with Gasteiger partial charge in [0.1, 0.15) is 12.1 Å². The molecule has 1 aliphatic heterocycles. The fourth-order valence-corrected chi connectivity index (χ4v) is 3.50. The van der Waals surface area contributed by atoms with E-state index in [2.05, 4.69) is 26.7 Å². The molecule has 0 amide bonds. The van der Waals surface area contributed by atoms with Crippen molar-refractivity contribution >= 4 is 5.82 Å². The lowest BCUT2D eigenvalue weighted by Crippen LogP contribution is -2.35. The molecule has 21 heavy (non-hydrogen) atoms. The first-order valence-electron chi connectivity index (χ1n) is 8.28. The lowest BCUT2D eigenvalue weighted by atomic mass is 10.1. The molecule has 1 aromatic heterocycles. The molecular formula is C16H27N5. The Balaban J connectivity index is 1.67. The minimum Gasteiger partial charge on any atom is -0.355 e. The van der Waals surface area contributed by atoms with Crippen LogP contribution in [0.1, 0.15) is 31.0 Å². The maximum Gasteiger partial charge on any atom is 0.135 e. The highest BCUT2D eigenvalue weighted by molar-refractivity contribution is 5.50. The van der Waals surface area contributed by atoms with Crippen molar-refractivity contribution in [3.8, 4) is 0 Å². The van der Waals surface area contributed by atoms with Crippen molar-refractivity contribution in [3.63, 3.8) is 0 Å². The third-order valence-electron chi connectivity index (χ3n) is 4.71. The zero-order valence-corrected chi connectivity index (χ0v) is 13.1. The van der Waals surface area contributed by atoms with Crippen LogP contribution in [0.25, 0.3) is 0 Å². The zero-order valence-electron chi connectivity index (χ0n) is 13.1. The predicted octanol–water partition coefficient (Wildman–Crippen LogP) is 1.07. The van der Waals surface area contributed by atoms with Crippen molar-refractivity contribution in [2.24, 2.45) is 11.7 Å². The van der Waals surface area contributed by atoms with Gasteiger partial charge >= 0.3 is 0 Å². The summed E-state index contributed by atoms with van der Waals surface area (Å²) < 4.78 is 0. The topological polar surface area (TPSA) is 58.3 Å². The van der Waals surface area contributed by atoms with Gasteiger partial charge in [0.15, 0.2) is 0 Å². The molecule has 2 aliphatic rings. The summed E-state index contributed by atoms with van der Waals surface area (Å²) in [6.07, 6.45) is 6.46. The first kappa shape index (κ1) is 14.7. The van der Waals surface area contributed by atoms with Gasteiger partial charge in [0.2, 0.25) is 0 Å². The molecule has 0 bridgehead atoms. The van der Waals surface area contributed by atoms with Crippen LogP contribution in [-0.4, -0.2) is 54.1 Å². The number of hydrogen-bond acceptors (Lipinski definition) is 5. The van der Waals surface area contributed by atoms with Crippen molar-refractivity contribution in [2.45, 2.75) is 32.6 Å². The normalized spacial score (nSPS) is 21.1. The molecular weight excluding hydrogens is 262 g/mol. The van der Waals surface area contributed by atoms with E-state index in [1.807, 2.05) is 0 Å². The average Bonchev–Trinajstić information content (AvgIpc) is 2.87. The molecule has 0 spiro atoms. The molecule has 0 aromatic carbocycles. The Morgan fingerprint density at radius 1 is 1.14 bits per heavy atom. The minimum absolute atomic E-state index is 0.583. The summed E-state index contributed by atoms with van der Waals surface area (Å²) in [5.41, 5.74) is 8.43. The van der Waals surface area contributed by atoms with Crippen molar-refractivity contribution in [1.82, 2.24) is 14.9 Å². The summed E-state index contributed by atoms with van der Waals surface area (Å²) >= 11 is 0. The van der Waals surface area contributed by atoms with Crippen molar-refractivity contribution in [3.05, 3.63) is 17.6 Å². The molecule has 1 unspecified atom stereocenters. The Hall–Kier alpha value is -1.20. The molecule has 116 valence electrons. The highest BCUT2D eigenvalue weighted by Crippen LogP contribution is 2.28. The predicted molar refractivity (Wildman–Crippen MR) is 85.5 cm³/mol. The third-order valence-corrected chi connectivity index (χ3v) is 4.71. The number of fused-ring (bicyclic) bond motifs is 1. The van der Waals surface area contributed by atoms with Gasteiger partial charge in [-0.05, 0) is 44.7 Å². The Kier molecular flexibility index (Phi) is 4.70. The number of nitrogens with two attached hydrogens (primary N) is 1. The summed E-state index contributed by atoms with van der Waals surface area (Å²) in [6.45, 7) is 8.60. The molecule has 2 heterocycles. The highest BCUT2D eigenvalue weighted by Gasteiger charge is 2.23. The van der Waals surface area contributed by atoms with Gasteiger partial charge in [-0.2, -0.15) is 0 Å². The van der Waals surface area contributed by atoms with Crippen LogP contribution in [0, 0.1) is 5.92 Å². The lowest BCUT2D eigenvalue weighted by molar-refractivity contribution is 0.255. The molecule has 5 nitrogen and oxygen atoms in total. The van der Waals surface area contributed by atoms with Gasteiger partial charge in [-0.25, -0.2) is 9.97 Å². The van der Waals surface area contributed by atoms with Gasteiger partial charge in [0.25, 0.3) is 0 Å². The summed E-state index contributed by atoms with van der Waals surface area (Å²) in [7, 11) is 0. The SMILES string of the molecule is CC(CN)CN1CCCN(c2ncnc3c2CCC3)CC1. The van der Waals surface area contributed by atoms with E-state index in [0.717, 1.165) is 45.6 Å². The van der Waals surface area contributed by atoms with Crippen molar-refractivity contribution in [2.75, 3.05) is 44.2 Å². The first-order chi connectivity index (χ1) is 10.3. The van der Waals surface area contributed by atoms with Crippen molar-refractivity contribution < 1.29 is 0 Å². The van der Waals surface area contributed by atoms with E-state index in [9.17, 15) is 0 Å². The number of nitrogens with zero attached hydrogens (tertiary/aromatic N) is 4. The molecule has 1 saturated heterocycles. The Morgan fingerprint density at radius 2 is 2.05 bits per heavy atom. The van der Waals surface area contributed by atoms with Gasteiger partial charge in [-0.1, -0.05) is 6.92 Å². The summed E-state index contributed by atoms with van der Waals surface area (Å²) in [5, 5.41) is 0. The molecule has 1 aromatic rings. The quantitative estimate of drug-likeness (QED) is 0.898. The standard InChI is InChI=1S/C16H27N5/c1-13(10-17)11-20-6-3-7-21(9-8-20)16-14-4-2-5-15(14)18-12-19-16/h12-13H,2-11,17H2,1H3. The van der Waals surface area contributed by atoms with E-state index >= 15 is 0 Å². The van der Waals surface area contributed by atoms with Gasteiger partial charge in [0, 0.05) is 37.4 Å². The van der Waals surface area contributed by atoms with Crippen LogP contribution in [0.5, 0.6) is 0 Å². The Labute approximate surface area is 127 Å². The van der Waals surface area contributed by atoms with Gasteiger partial charge in [-0.15, -0.1) is 0 Å². The molecule has 1 fully saturated rings. The molecule has 1 atom stereocenters. The summed E-state index contributed by atoms with van der Waals surface area (Å²) in [6, 6.07) is 0. The van der Waals surface area contributed by atoms with Crippen LogP contribution in [0.4, 0.5) is 5.82 Å². The minimum atomic E-state index is 0.583. The molecule has 1 aliphatic carbocycles. The van der Waals surface area contributed by atoms with Gasteiger partial charge in [0.05, 0.1) is 0 Å². The van der Waals surface area contributed by atoms with E-state index in [1.165, 1.54) is 36.5 Å². The van der Waals surface area contributed by atoms with E-state index in [1.54, 1.807) is 6.33 Å². The van der Waals surface area contributed by atoms with E-state index in [4.69, 9.17) is 5.73 Å². The van der Waals surface area contributed by atoms with Gasteiger partial charge < -0.3 is 15.5 Å². The second kappa shape index (κ2) is 6.71. The molecule has 0 radical (unpaired) electrons. The fourth-order valence-electron chi connectivity index (χ4n) is 3.50. The molecule has 3 rings (SSSR count). The smallest absolute Gasteiger partial charge is 0.135 e. The molecule has 5 heteroatoms. The maximum absolute atomic E-state index is 5.75.